The van der Waals surface area contributed by atoms with E-state index in [1.165, 1.54) is 0 Å². The van der Waals surface area contributed by atoms with Crippen LogP contribution in [0.15, 0.2) is 78.2 Å². The largest absolute Gasteiger partial charge is 0.444 e. The van der Waals surface area contributed by atoms with Gasteiger partial charge in [0.1, 0.15) is 15.8 Å². The molecule has 2 amide bonds. The van der Waals surface area contributed by atoms with Crippen LogP contribution < -0.4 is 0 Å². The number of hydrogen-bond donors (Lipinski definition) is 0. The van der Waals surface area contributed by atoms with Gasteiger partial charge < -0.3 is 28.7 Å². The van der Waals surface area contributed by atoms with Gasteiger partial charge in [-0.3, -0.25) is 0 Å². The van der Waals surface area contributed by atoms with Crippen molar-refractivity contribution in [1.82, 2.24) is 29.7 Å². The number of hydrogen-bond acceptors (Lipinski definition) is 10. The maximum Gasteiger partial charge on any atom is 0.410 e. The lowest BCUT2D eigenvalue weighted by Gasteiger charge is -2.24. The van der Waals surface area contributed by atoms with E-state index in [4.69, 9.17) is 18.9 Å². The van der Waals surface area contributed by atoms with E-state index in [0.29, 0.717) is 44.8 Å². The Bertz CT molecular complexity index is 1830. The van der Waals surface area contributed by atoms with Gasteiger partial charge in [0.25, 0.3) is 0 Å². The van der Waals surface area contributed by atoms with Gasteiger partial charge in [-0.15, -0.1) is 6.58 Å². The predicted octanol–water partition coefficient (Wildman–Crippen LogP) is 8.67. The molecule has 2 saturated heterocycles. The highest BCUT2D eigenvalue weighted by Crippen LogP contribution is 2.21. The first-order chi connectivity index (χ1) is 26.2. The lowest BCUT2D eigenvalue weighted by molar-refractivity contribution is 0.0265. The number of rotatable bonds is 10. The number of aromatic nitrogens is 4. The SMILES string of the molecule is Brc1ccc2cccnc2n1.C=CCOC[C@@H]1CCN(C(=O)OC(C)(C)C)C1.CC(C)(C)OC(=O)N1CC[C@@H](COCCCc2ccc3cccnc3n2)C1. The first-order valence-electron chi connectivity index (χ1n) is 19.0. The normalized spacial score (nSPS) is 16.9. The molecule has 12 nitrogen and oxygen atoms in total. The van der Waals surface area contributed by atoms with Crippen molar-refractivity contribution in [3.63, 3.8) is 0 Å². The molecule has 13 heteroatoms. The van der Waals surface area contributed by atoms with Crippen molar-refractivity contribution in [3.05, 3.63) is 83.9 Å². The van der Waals surface area contributed by atoms with Gasteiger partial charge in [0, 0.05) is 73.5 Å². The number of pyridine rings is 4. The van der Waals surface area contributed by atoms with Gasteiger partial charge in [-0.1, -0.05) is 6.08 Å². The van der Waals surface area contributed by atoms with Crippen LogP contribution in [-0.2, 0) is 25.4 Å². The van der Waals surface area contributed by atoms with Crippen LogP contribution in [-0.4, -0.2) is 106 Å². The minimum absolute atomic E-state index is 0.219. The van der Waals surface area contributed by atoms with E-state index in [-0.39, 0.29) is 12.2 Å². The molecule has 4 aromatic rings. The van der Waals surface area contributed by atoms with Crippen LogP contribution in [0.4, 0.5) is 9.59 Å². The number of halogens is 1. The topological polar surface area (TPSA) is 129 Å². The third kappa shape index (κ3) is 15.8. The zero-order valence-electron chi connectivity index (χ0n) is 33.2. The van der Waals surface area contributed by atoms with Gasteiger partial charge in [-0.2, -0.15) is 0 Å². The average Bonchev–Trinajstić information content (AvgIpc) is 3.81. The van der Waals surface area contributed by atoms with Crippen molar-refractivity contribution in [2.24, 2.45) is 11.8 Å². The highest BCUT2D eigenvalue weighted by atomic mass is 79.9. The molecule has 2 aliphatic rings. The number of aryl methyl sites for hydroxylation is 1. The Morgan fingerprint density at radius 2 is 1.31 bits per heavy atom. The number of amides is 2. The van der Waals surface area contributed by atoms with Gasteiger partial charge in [0.15, 0.2) is 11.3 Å². The molecule has 0 bridgehead atoms. The Balaban J connectivity index is 0.000000204. The smallest absolute Gasteiger partial charge is 0.410 e. The summed E-state index contributed by atoms with van der Waals surface area (Å²) in [5, 5.41) is 2.13. The minimum atomic E-state index is -0.446. The Kier molecular flexibility index (Phi) is 16.8. The molecule has 6 heterocycles. The zero-order chi connectivity index (χ0) is 39.8. The molecule has 2 aliphatic heterocycles. The molecule has 6 rings (SSSR count). The molecule has 0 unspecified atom stereocenters. The summed E-state index contributed by atoms with van der Waals surface area (Å²) in [6.07, 6.45) is 8.56. The van der Waals surface area contributed by atoms with Crippen molar-refractivity contribution in [3.8, 4) is 0 Å². The second-order valence-electron chi connectivity index (χ2n) is 15.7. The van der Waals surface area contributed by atoms with Crippen molar-refractivity contribution in [2.45, 2.75) is 78.4 Å². The van der Waals surface area contributed by atoms with Crippen molar-refractivity contribution in [1.29, 1.82) is 0 Å². The molecule has 2 fully saturated rings. The van der Waals surface area contributed by atoms with Crippen LogP contribution in [0.3, 0.4) is 0 Å². The van der Waals surface area contributed by atoms with Crippen molar-refractivity contribution < 1.29 is 28.5 Å². The molecule has 0 aromatic carbocycles. The maximum atomic E-state index is 12.1. The third-order valence-corrected chi connectivity index (χ3v) is 8.93. The molecule has 0 aliphatic carbocycles. The van der Waals surface area contributed by atoms with Crippen LogP contribution in [0, 0.1) is 11.8 Å². The predicted molar refractivity (Wildman–Crippen MR) is 219 cm³/mol. The third-order valence-electron chi connectivity index (χ3n) is 8.49. The summed E-state index contributed by atoms with van der Waals surface area (Å²) >= 11 is 3.28. The van der Waals surface area contributed by atoms with Gasteiger partial charge in [0.2, 0.25) is 0 Å². The summed E-state index contributed by atoms with van der Waals surface area (Å²) in [5.74, 6) is 0.808. The van der Waals surface area contributed by atoms with Gasteiger partial charge in [-0.05, 0) is 132 Å². The van der Waals surface area contributed by atoms with Gasteiger partial charge >= 0.3 is 12.2 Å². The molecular weight excluding hydrogens is 764 g/mol. The molecule has 0 N–H and O–H groups in total. The number of nitrogens with zero attached hydrogens (tertiary/aromatic N) is 6. The Labute approximate surface area is 334 Å². The molecule has 298 valence electrons. The number of carbonyl (C=O) groups is 2. The fourth-order valence-electron chi connectivity index (χ4n) is 5.91. The molecule has 0 radical (unpaired) electrons. The van der Waals surface area contributed by atoms with Crippen LogP contribution in [0.2, 0.25) is 0 Å². The van der Waals surface area contributed by atoms with E-state index in [0.717, 1.165) is 77.7 Å². The number of likely N-dealkylation sites (tertiary alicyclic amines) is 2. The molecule has 0 spiro atoms. The number of fused-ring (bicyclic) bond motifs is 2. The van der Waals surface area contributed by atoms with E-state index in [2.05, 4.69) is 54.6 Å². The first kappa shape index (κ1) is 43.5. The van der Waals surface area contributed by atoms with E-state index in [9.17, 15) is 9.59 Å². The highest BCUT2D eigenvalue weighted by Gasteiger charge is 2.31. The molecule has 0 saturated carbocycles. The Morgan fingerprint density at radius 3 is 1.85 bits per heavy atom. The summed E-state index contributed by atoms with van der Waals surface area (Å²) in [4.78, 5) is 44.6. The lowest BCUT2D eigenvalue weighted by Crippen LogP contribution is -2.35. The van der Waals surface area contributed by atoms with Crippen LogP contribution in [0.25, 0.3) is 22.1 Å². The fraction of sp³-hybridized carbons (Fsp3) is 0.524. The standard InChI is InChI=1S/C21H29N3O3.C13H23NO3.C8H5BrN2/c1-21(2,3)27-20(25)24-12-10-16(14-24)15-26-13-5-7-18-9-8-17-6-4-11-22-19(17)23-18;1-5-8-16-10-11-6-7-14(9-11)12(15)17-13(2,3)4;9-7-4-3-6-2-1-5-10-8(6)11-7/h4,6,8-9,11,16H,5,7,10,12-15H2,1-3H3;5,11H,1,6-10H2,2-4H3;1-5H/t16-;11-;/m11./s1. The minimum Gasteiger partial charge on any atom is -0.444 e. The average molecular weight is 822 g/mol. The number of ether oxygens (including phenoxy) is 4. The maximum absolute atomic E-state index is 12.1. The summed E-state index contributed by atoms with van der Waals surface area (Å²) < 4.78 is 22.8. The quantitative estimate of drug-likeness (QED) is 0.0871. The summed E-state index contributed by atoms with van der Waals surface area (Å²) in [7, 11) is 0. The first-order valence-corrected chi connectivity index (χ1v) is 19.8. The summed E-state index contributed by atoms with van der Waals surface area (Å²) in [5.41, 5.74) is 1.75. The highest BCUT2D eigenvalue weighted by molar-refractivity contribution is 9.10. The van der Waals surface area contributed by atoms with Crippen LogP contribution in [0.1, 0.15) is 66.5 Å². The number of carbonyl (C=O) groups excluding carboxylic acids is 2. The Hall–Kier alpha value is -4.20. The fourth-order valence-corrected chi connectivity index (χ4v) is 6.21. The second kappa shape index (κ2) is 21.2. The van der Waals surface area contributed by atoms with Crippen LogP contribution >= 0.6 is 15.9 Å². The Morgan fingerprint density at radius 1 is 0.782 bits per heavy atom. The monoisotopic (exact) mass is 820 g/mol. The van der Waals surface area contributed by atoms with E-state index >= 15 is 0 Å². The van der Waals surface area contributed by atoms with Crippen molar-refractivity contribution >= 4 is 50.2 Å². The van der Waals surface area contributed by atoms with Crippen molar-refractivity contribution in [2.75, 3.05) is 52.6 Å². The van der Waals surface area contributed by atoms with E-state index in [1.807, 2.05) is 77.9 Å². The summed E-state index contributed by atoms with van der Waals surface area (Å²) in [6, 6.07) is 15.8. The summed E-state index contributed by atoms with van der Waals surface area (Å²) in [6.45, 7) is 20.5. The molecular formula is C42H57BrN6O6. The molecule has 55 heavy (non-hydrogen) atoms. The van der Waals surface area contributed by atoms with E-state index < -0.39 is 11.2 Å². The van der Waals surface area contributed by atoms with E-state index in [1.54, 1.807) is 28.3 Å². The molecule has 2 atom stereocenters. The van der Waals surface area contributed by atoms with Crippen LogP contribution in [0.5, 0.6) is 0 Å². The second-order valence-corrected chi connectivity index (χ2v) is 16.5. The van der Waals surface area contributed by atoms with Gasteiger partial charge in [-0.25, -0.2) is 29.5 Å². The van der Waals surface area contributed by atoms with Gasteiger partial charge in [0.05, 0.1) is 19.8 Å². The lowest BCUT2D eigenvalue weighted by atomic mass is 10.1. The molecule has 4 aromatic heterocycles. The zero-order valence-corrected chi connectivity index (χ0v) is 34.8.